The smallest absolute Gasteiger partial charge is 0.263 e. The molecule has 0 fully saturated rings. The zero-order valence-corrected chi connectivity index (χ0v) is 16.3. The van der Waals surface area contributed by atoms with Crippen LogP contribution >= 0.6 is 11.3 Å². The number of rotatable bonds is 5. The number of aromatic nitrogens is 3. The second-order valence-corrected chi connectivity index (χ2v) is 7.40. The monoisotopic (exact) mass is 380 g/mol. The van der Waals surface area contributed by atoms with Crippen molar-refractivity contribution >= 4 is 28.3 Å². The number of benzene rings is 1. The third kappa shape index (κ3) is 3.38. The van der Waals surface area contributed by atoms with E-state index >= 15 is 0 Å². The van der Waals surface area contributed by atoms with E-state index in [0.29, 0.717) is 29.4 Å². The van der Waals surface area contributed by atoms with Crippen LogP contribution in [0.3, 0.4) is 0 Å². The van der Waals surface area contributed by atoms with Crippen LogP contribution in [0.1, 0.15) is 27.0 Å². The number of imidazole rings is 1. The number of hydrogen-bond donors (Lipinski definition) is 1. The molecule has 0 aliphatic carbocycles. The van der Waals surface area contributed by atoms with Crippen molar-refractivity contribution in [3.05, 3.63) is 58.6 Å². The molecule has 1 amide bonds. The van der Waals surface area contributed by atoms with Crippen LogP contribution in [0.25, 0.3) is 21.8 Å². The van der Waals surface area contributed by atoms with E-state index in [1.165, 1.54) is 11.3 Å². The van der Waals surface area contributed by atoms with E-state index in [9.17, 15) is 4.79 Å². The van der Waals surface area contributed by atoms with E-state index in [0.717, 1.165) is 27.6 Å². The average molecular weight is 380 g/mol. The molecule has 0 aliphatic rings. The number of amides is 1. The molecule has 0 unspecified atom stereocenters. The Morgan fingerprint density at radius 1 is 1.15 bits per heavy atom. The quantitative estimate of drug-likeness (QED) is 0.565. The maximum Gasteiger partial charge on any atom is 0.263 e. The molecule has 0 radical (unpaired) electrons. The number of hydrogen-bond acceptors (Lipinski definition) is 5. The zero-order chi connectivity index (χ0) is 19.0. The van der Waals surface area contributed by atoms with E-state index in [-0.39, 0.29) is 5.91 Å². The van der Waals surface area contributed by atoms with Gasteiger partial charge in [0.15, 0.2) is 10.8 Å². The highest BCUT2D eigenvalue weighted by Crippen LogP contribution is 2.29. The van der Waals surface area contributed by atoms with Crippen molar-refractivity contribution < 1.29 is 9.21 Å². The summed E-state index contributed by atoms with van der Waals surface area (Å²) in [4.78, 5) is 22.2. The summed E-state index contributed by atoms with van der Waals surface area (Å²) in [6, 6.07) is 11.8. The van der Waals surface area contributed by atoms with Crippen molar-refractivity contribution in [3.63, 3.8) is 0 Å². The van der Waals surface area contributed by atoms with Gasteiger partial charge in [-0.25, -0.2) is 9.97 Å². The summed E-state index contributed by atoms with van der Waals surface area (Å²) in [6.07, 6.45) is 0. The number of carbonyl (C=O) groups is 1. The number of nitrogens with zero attached hydrogens (tertiary/aromatic N) is 3. The average Bonchev–Trinajstić information content (AvgIpc) is 3.32. The van der Waals surface area contributed by atoms with Gasteiger partial charge in [-0.2, -0.15) is 0 Å². The lowest BCUT2D eigenvalue weighted by molar-refractivity contribution is 0.0955. The first-order chi connectivity index (χ1) is 13.0. The number of aryl methyl sites for hydroxylation is 3. The van der Waals surface area contributed by atoms with E-state index in [1.807, 2.05) is 57.2 Å². The van der Waals surface area contributed by atoms with Gasteiger partial charge in [0, 0.05) is 13.1 Å². The number of thiazole rings is 1. The third-order valence-corrected chi connectivity index (χ3v) is 5.59. The normalized spacial score (nSPS) is 11.2. The first-order valence-corrected chi connectivity index (χ1v) is 9.59. The number of nitrogens with one attached hydrogen (secondary N) is 1. The van der Waals surface area contributed by atoms with Crippen molar-refractivity contribution in [2.45, 2.75) is 27.3 Å². The largest absolute Gasteiger partial charge is 0.459 e. The third-order valence-electron chi connectivity index (χ3n) is 4.42. The maximum atomic E-state index is 12.6. The highest BCUT2D eigenvalue weighted by atomic mass is 32.1. The van der Waals surface area contributed by atoms with Crippen LogP contribution in [0.15, 0.2) is 40.8 Å². The summed E-state index contributed by atoms with van der Waals surface area (Å²) in [5.41, 5.74) is 2.76. The Kier molecular flexibility index (Phi) is 4.53. The van der Waals surface area contributed by atoms with Crippen LogP contribution < -0.4 is 5.32 Å². The molecule has 0 bridgehead atoms. The summed E-state index contributed by atoms with van der Waals surface area (Å²) < 4.78 is 7.72. The lowest BCUT2D eigenvalue weighted by atomic mass is 10.3. The van der Waals surface area contributed by atoms with Gasteiger partial charge in [-0.3, -0.25) is 4.79 Å². The van der Waals surface area contributed by atoms with Crippen LogP contribution in [-0.4, -0.2) is 27.0 Å². The van der Waals surface area contributed by atoms with Crippen LogP contribution in [0, 0.1) is 20.8 Å². The van der Waals surface area contributed by atoms with Gasteiger partial charge in [0.25, 0.3) is 5.91 Å². The Hall–Kier alpha value is -2.93. The predicted octanol–water partition coefficient (Wildman–Crippen LogP) is 4.11. The van der Waals surface area contributed by atoms with Crippen LogP contribution in [0.4, 0.5) is 0 Å². The summed E-state index contributed by atoms with van der Waals surface area (Å²) in [7, 11) is 0. The predicted molar refractivity (Wildman–Crippen MR) is 106 cm³/mol. The van der Waals surface area contributed by atoms with Gasteiger partial charge >= 0.3 is 0 Å². The van der Waals surface area contributed by atoms with Gasteiger partial charge in [0.1, 0.15) is 16.5 Å². The lowest BCUT2D eigenvalue weighted by Gasteiger charge is -2.08. The molecule has 6 nitrogen and oxygen atoms in total. The van der Waals surface area contributed by atoms with Gasteiger partial charge in [-0.1, -0.05) is 12.1 Å². The van der Waals surface area contributed by atoms with Gasteiger partial charge in [-0.05, 0) is 45.0 Å². The molecule has 1 N–H and O–H groups in total. The molecule has 0 atom stereocenters. The van der Waals surface area contributed by atoms with Crippen molar-refractivity contribution in [1.82, 2.24) is 19.9 Å². The molecule has 138 valence electrons. The van der Waals surface area contributed by atoms with Crippen molar-refractivity contribution in [1.29, 1.82) is 0 Å². The number of fused-ring (bicyclic) bond motifs is 1. The van der Waals surface area contributed by atoms with E-state index in [1.54, 1.807) is 0 Å². The summed E-state index contributed by atoms with van der Waals surface area (Å²) in [5, 5.41) is 3.72. The molecule has 0 saturated heterocycles. The number of furan rings is 1. The van der Waals surface area contributed by atoms with Crippen LogP contribution in [0.2, 0.25) is 0 Å². The van der Waals surface area contributed by atoms with Crippen LogP contribution in [0.5, 0.6) is 0 Å². The lowest BCUT2D eigenvalue weighted by Crippen LogP contribution is -2.27. The molecule has 0 aliphatic heterocycles. The second-order valence-electron chi connectivity index (χ2n) is 6.40. The first kappa shape index (κ1) is 17.5. The molecular weight excluding hydrogens is 360 g/mol. The number of para-hydroxylation sites is 2. The fourth-order valence-corrected chi connectivity index (χ4v) is 4.05. The molecule has 3 heterocycles. The minimum Gasteiger partial charge on any atom is -0.459 e. The zero-order valence-electron chi connectivity index (χ0n) is 15.4. The molecule has 0 spiro atoms. The molecule has 3 aromatic heterocycles. The fraction of sp³-hybridized carbons (Fsp3) is 0.250. The summed E-state index contributed by atoms with van der Waals surface area (Å²) >= 11 is 1.35. The fourth-order valence-electron chi connectivity index (χ4n) is 3.10. The summed E-state index contributed by atoms with van der Waals surface area (Å²) in [6.45, 7) is 6.90. The molecule has 1 aromatic carbocycles. The second kappa shape index (κ2) is 7.00. The topological polar surface area (TPSA) is 73.0 Å². The van der Waals surface area contributed by atoms with Crippen molar-refractivity contribution in [3.8, 4) is 10.8 Å². The molecule has 4 rings (SSSR count). The Morgan fingerprint density at radius 3 is 2.74 bits per heavy atom. The van der Waals surface area contributed by atoms with Gasteiger partial charge in [0.2, 0.25) is 0 Å². The molecule has 4 aromatic rings. The Labute approximate surface area is 160 Å². The van der Waals surface area contributed by atoms with E-state index in [4.69, 9.17) is 4.42 Å². The first-order valence-electron chi connectivity index (χ1n) is 8.77. The Bertz CT molecular complexity index is 1120. The molecule has 27 heavy (non-hydrogen) atoms. The van der Waals surface area contributed by atoms with Gasteiger partial charge in [0.05, 0.1) is 16.7 Å². The van der Waals surface area contributed by atoms with Crippen molar-refractivity contribution in [2.24, 2.45) is 0 Å². The molecule has 7 heteroatoms. The standard InChI is InChI=1S/C20H20N4O2S/c1-12-8-9-17(26-12)20-22-13(2)18(27-20)19(25)21-10-11-24-14(3)23-15-6-4-5-7-16(15)24/h4-9H,10-11H2,1-3H3,(H,21,25). The minimum absolute atomic E-state index is 0.110. The highest BCUT2D eigenvalue weighted by molar-refractivity contribution is 7.17. The Morgan fingerprint density at radius 2 is 1.96 bits per heavy atom. The maximum absolute atomic E-state index is 12.6. The summed E-state index contributed by atoms with van der Waals surface area (Å²) in [5.74, 6) is 2.35. The highest BCUT2D eigenvalue weighted by Gasteiger charge is 2.17. The van der Waals surface area contributed by atoms with Crippen LogP contribution in [-0.2, 0) is 6.54 Å². The van der Waals surface area contributed by atoms with Gasteiger partial charge < -0.3 is 14.3 Å². The number of carbonyl (C=O) groups excluding carboxylic acids is 1. The minimum atomic E-state index is -0.110. The Balaban J connectivity index is 1.45. The SMILES string of the molecule is Cc1ccc(-c2nc(C)c(C(=O)NCCn3c(C)nc4ccccc43)s2)o1. The molecule has 0 saturated carbocycles. The molecular formula is C20H20N4O2S. The van der Waals surface area contributed by atoms with E-state index in [2.05, 4.69) is 19.9 Å². The van der Waals surface area contributed by atoms with E-state index < -0.39 is 0 Å². The van der Waals surface area contributed by atoms with Gasteiger partial charge in [-0.15, -0.1) is 11.3 Å². The van der Waals surface area contributed by atoms with Crippen molar-refractivity contribution in [2.75, 3.05) is 6.54 Å².